The molecular weight excluding hydrogens is 313 g/mol. The van der Waals surface area contributed by atoms with Crippen molar-refractivity contribution in [2.75, 3.05) is 12.4 Å². The summed E-state index contributed by atoms with van der Waals surface area (Å²) in [7, 11) is 1.66. The molecule has 0 aromatic heterocycles. The van der Waals surface area contributed by atoms with Gasteiger partial charge < -0.3 is 10.1 Å². The van der Waals surface area contributed by atoms with Gasteiger partial charge in [-0.05, 0) is 42.2 Å². The lowest BCUT2D eigenvalue weighted by Gasteiger charge is -2.38. The molecule has 1 aliphatic heterocycles. The van der Waals surface area contributed by atoms with Crippen molar-refractivity contribution < 1.29 is 9.13 Å². The summed E-state index contributed by atoms with van der Waals surface area (Å²) in [6.45, 7) is 0. The second-order valence-corrected chi connectivity index (χ2v) is 6.47. The van der Waals surface area contributed by atoms with Crippen molar-refractivity contribution in [3.63, 3.8) is 0 Å². The number of rotatable bonds is 2. The van der Waals surface area contributed by atoms with Gasteiger partial charge in [0.25, 0.3) is 0 Å². The minimum absolute atomic E-state index is 0.107. The van der Waals surface area contributed by atoms with E-state index in [1.165, 1.54) is 12.1 Å². The molecule has 3 atom stereocenters. The van der Waals surface area contributed by atoms with Crippen molar-refractivity contribution in [1.82, 2.24) is 0 Å². The van der Waals surface area contributed by atoms with Gasteiger partial charge in [0.05, 0.1) is 18.8 Å². The molecule has 0 spiro atoms. The van der Waals surface area contributed by atoms with Crippen LogP contribution in [0.3, 0.4) is 0 Å². The maximum Gasteiger partial charge on any atom is 0.142 e. The second-order valence-electron chi connectivity index (χ2n) is 6.07. The molecule has 0 saturated carbocycles. The molecule has 2 aromatic rings. The van der Waals surface area contributed by atoms with E-state index in [0.29, 0.717) is 5.92 Å². The van der Waals surface area contributed by atoms with Crippen LogP contribution in [-0.4, -0.2) is 7.11 Å². The van der Waals surface area contributed by atoms with E-state index in [-0.39, 0.29) is 17.8 Å². The zero-order valence-electron chi connectivity index (χ0n) is 12.7. The minimum atomic E-state index is -0.216. The van der Waals surface area contributed by atoms with Gasteiger partial charge >= 0.3 is 0 Å². The maximum absolute atomic E-state index is 13.3. The number of halogens is 2. The van der Waals surface area contributed by atoms with E-state index in [2.05, 4.69) is 17.5 Å². The molecule has 118 valence electrons. The fourth-order valence-corrected chi connectivity index (χ4v) is 4.09. The molecule has 0 amide bonds. The predicted molar refractivity (Wildman–Crippen MR) is 90.8 cm³/mol. The summed E-state index contributed by atoms with van der Waals surface area (Å²) >= 11 is 6.47. The number of fused-ring (bicyclic) bond motifs is 3. The number of benzene rings is 2. The Morgan fingerprint density at radius 3 is 2.70 bits per heavy atom. The Bertz CT molecular complexity index is 772. The van der Waals surface area contributed by atoms with Gasteiger partial charge in [-0.15, -0.1) is 0 Å². The molecule has 2 aromatic carbocycles. The summed E-state index contributed by atoms with van der Waals surface area (Å²) in [5.74, 6) is 1.20. The van der Waals surface area contributed by atoms with Crippen molar-refractivity contribution >= 4 is 17.3 Å². The van der Waals surface area contributed by atoms with Gasteiger partial charge in [0.2, 0.25) is 0 Å². The van der Waals surface area contributed by atoms with Gasteiger partial charge in [0.15, 0.2) is 0 Å². The van der Waals surface area contributed by atoms with Gasteiger partial charge in [-0.2, -0.15) is 0 Å². The third-order valence-corrected chi connectivity index (χ3v) is 5.21. The molecule has 0 radical (unpaired) electrons. The molecule has 2 aliphatic rings. The van der Waals surface area contributed by atoms with Crippen LogP contribution in [0.25, 0.3) is 0 Å². The monoisotopic (exact) mass is 329 g/mol. The van der Waals surface area contributed by atoms with Crippen LogP contribution in [0.4, 0.5) is 10.1 Å². The molecule has 1 N–H and O–H groups in total. The number of ether oxygens (including phenoxy) is 1. The Morgan fingerprint density at radius 2 is 1.96 bits per heavy atom. The van der Waals surface area contributed by atoms with Crippen LogP contribution in [0.1, 0.15) is 29.5 Å². The average Bonchev–Trinajstić information content (AvgIpc) is 3.04. The first-order valence-electron chi connectivity index (χ1n) is 7.74. The van der Waals surface area contributed by atoms with E-state index < -0.39 is 0 Å². The zero-order chi connectivity index (χ0) is 16.0. The molecular formula is C19H17ClFNO. The summed E-state index contributed by atoms with van der Waals surface area (Å²) in [6.07, 6.45) is 5.41. The number of methoxy groups -OCH3 is 1. The van der Waals surface area contributed by atoms with E-state index in [9.17, 15) is 4.39 Å². The first-order chi connectivity index (χ1) is 11.2. The predicted octanol–water partition coefficient (Wildman–Crippen LogP) is 5.31. The van der Waals surface area contributed by atoms with E-state index >= 15 is 0 Å². The summed E-state index contributed by atoms with van der Waals surface area (Å²) in [5, 5.41) is 4.35. The Morgan fingerprint density at radius 1 is 1.17 bits per heavy atom. The number of allylic oxidation sites excluding steroid dienone is 2. The molecule has 4 rings (SSSR count). The Balaban J connectivity index is 1.84. The zero-order valence-corrected chi connectivity index (χ0v) is 13.5. The minimum Gasteiger partial charge on any atom is -0.495 e. The molecule has 4 heteroatoms. The van der Waals surface area contributed by atoms with E-state index in [4.69, 9.17) is 16.3 Å². The Hall–Kier alpha value is -2.00. The molecule has 23 heavy (non-hydrogen) atoms. The summed E-state index contributed by atoms with van der Waals surface area (Å²) in [6, 6.07) is 10.6. The first kappa shape index (κ1) is 14.6. The topological polar surface area (TPSA) is 21.3 Å². The van der Waals surface area contributed by atoms with Crippen LogP contribution in [0.15, 0.2) is 48.6 Å². The third-order valence-electron chi connectivity index (χ3n) is 4.88. The van der Waals surface area contributed by atoms with Crippen LogP contribution in [0, 0.1) is 11.7 Å². The fourth-order valence-electron chi connectivity index (χ4n) is 3.81. The number of hydrogen-bond acceptors (Lipinski definition) is 2. The Labute approximate surface area is 139 Å². The second kappa shape index (κ2) is 5.57. The molecule has 0 saturated heterocycles. The van der Waals surface area contributed by atoms with Gasteiger partial charge in [0, 0.05) is 16.5 Å². The largest absolute Gasteiger partial charge is 0.495 e. The quantitative estimate of drug-likeness (QED) is 0.753. The van der Waals surface area contributed by atoms with E-state index in [0.717, 1.165) is 34.0 Å². The smallest absolute Gasteiger partial charge is 0.142 e. The third kappa shape index (κ3) is 2.31. The van der Waals surface area contributed by atoms with Gasteiger partial charge in [-0.3, -0.25) is 0 Å². The highest BCUT2D eigenvalue weighted by atomic mass is 35.5. The van der Waals surface area contributed by atoms with Crippen molar-refractivity contribution in [3.8, 4) is 5.75 Å². The van der Waals surface area contributed by atoms with E-state index in [1.807, 2.05) is 24.3 Å². The van der Waals surface area contributed by atoms with Crippen molar-refractivity contribution in [2.45, 2.75) is 18.4 Å². The highest BCUT2D eigenvalue weighted by Gasteiger charge is 2.40. The molecule has 1 aliphatic carbocycles. The van der Waals surface area contributed by atoms with Crippen LogP contribution in [-0.2, 0) is 0 Å². The molecule has 1 heterocycles. The van der Waals surface area contributed by atoms with Crippen molar-refractivity contribution in [3.05, 3.63) is 70.5 Å². The van der Waals surface area contributed by atoms with Crippen LogP contribution < -0.4 is 10.1 Å². The standard InChI is InChI=1S/C19H17ClFNO/c1-23-16-10-9-15(20)17-13-3-2-4-14(13)18(22-19(16)17)11-5-7-12(21)8-6-11/h2-3,5-10,13-14,18,22H,4H2,1H3/t13-,14-,18+/m0/s1. The summed E-state index contributed by atoms with van der Waals surface area (Å²) in [4.78, 5) is 0. The normalized spacial score (nSPS) is 24.7. The number of nitrogens with one attached hydrogen (secondary N) is 1. The van der Waals surface area contributed by atoms with Gasteiger partial charge in [-0.25, -0.2) is 4.39 Å². The number of anilines is 1. The molecule has 0 unspecified atom stereocenters. The fraction of sp³-hybridized carbons (Fsp3) is 0.263. The van der Waals surface area contributed by atoms with Gasteiger partial charge in [0.1, 0.15) is 11.6 Å². The van der Waals surface area contributed by atoms with Crippen LogP contribution >= 0.6 is 11.6 Å². The first-order valence-corrected chi connectivity index (χ1v) is 8.12. The molecule has 2 nitrogen and oxygen atoms in total. The molecule has 0 bridgehead atoms. The summed E-state index contributed by atoms with van der Waals surface area (Å²) < 4.78 is 18.8. The van der Waals surface area contributed by atoms with E-state index in [1.54, 1.807) is 7.11 Å². The number of hydrogen-bond donors (Lipinski definition) is 1. The van der Waals surface area contributed by atoms with Crippen LogP contribution in [0.5, 0.6) is 5.75 Å². The average molecular weight is 330 g/mol. The lowest BCUT2D eigenvalue weighted by molar-refractivity contribution is 0.397. The highest BCUT2D eigenvalue weighted by molar-refractivity contribution is 6.32. The SMILES string of the molecule is COc1ccc(Cl)c2c1N[C@H](c1ccc(F)cc1)[C@H]1CC=C[C@H]21. The summed E-state index contributed by atoms with van der Waals surface area (Å²) in [5.41, 5.74) is 3.13. The maximum atomic E-state index is 13.3. The lowest BCUT2D eigenvalue weighted by Crippen LogP contribution is -2.29. The lowest BCUT2D eigenvalue weighted by atomic mass is 9.77. The van der Waals surface area contributed by atoms with Gasteiger partial charge in [-0.1, -0.05) is 35.9 Å². The van der Waals surface area contributed by atoms with Crippen LogP contribution in [0.2, 0.25) is 5.02 Å². The Kier molecular flexibility index (Phi) is 3.53. The van der Waals surface area contributed by atoms with Crippen molar-refractivity contribution in [1.29, 1.82) is 0 Å². The molecule has 0 fully saturated rings. The van der Waals surface area contributed by atoms with Crippen molar-refractivity contribution in [2.24, 2.45) is 5.92 Å². The highest BCUT2D eigenvalue weighted by Crippen LogP contribution is 2.54.